The quantitative estimate of drug-likeness (QED) is 0.780. The number of hydrogen-bond acceptors (Lipinski definition) is 2. The van der Waals surface area contributed by atoms with Gasteiger partial charge in [-0.2, -0.15) is 5.10 Å². The second-order valence-corrected chi connectivity index (χ2v) is 4.00. The third-order valence-corrected chi connectivity index (χ3v) is 2.56. The zero-order valence-electron chi connectivity index (χ0n) is 8.36. The van der Waals surface area contributed by atoms with Gasteiger partial charge in [0, 0.05) is 31.8 Å². The Morgan fingerprint density at radius 2 is 2.50 bits per heavy atom. The van der Waals surface area contributed by atoms with Gasteiger partial charge in [-0.05, 0) is 18.8 Å². The lowest BCUT2D eigenvalue weighted by Crippen LogP contribution is -2.26. The van der Waals surface area contributed by atoms with E-state index >= 15 is 0 Å². The molecule has 0 radical (unpaired) electrons. The summed E-state index contributed by atoms with van der Waals surface area (Å²) in [6.07, 6.45) is 6.74. The average molecular weight is 193 g/mol. The van der Waals surface area contributed by atoms with E-state index in [1.165, 1.54) is 12.8 Å². The average Bonchev–Trinajstić information content (AvgIpc) is 2.81. The van der Waals surface area contributed by atoms with Crippen molar-refractivity contribution < 1.29 is 4.79 Å². The molecule has 0 aliphatic heterocycles. The van der Waals surface area contributed by atoms with Crippen molar-refractivity contribution in [3.8, 4) is 0 Å². The number of carbonyl (C=O) groups excluding carboxylic acids is 1. The number of hydrogen-bond donors (Lipinski definition) is 1. The molecule has 1 saturated carbocycles. The largest absolute Gasteiger partial charge is 0.341 e. The van der Waals surface area contributed by atoms with Crippen LogP contribution in [0.5, 0.6) is 0 Å². The molecular formula is C10H15N3O. The summed E-state index contributed by atoms with van der Waals surface area (Å²) in [6, 6.07) is 0. The number of aromatic nitrogens is 2. The molecule has 0 spiro atoms. The van der Waals surface area contributed by atoms with Crippen LogP contribution in [0.15, 0.2) is 12.4 Å². The summed E-state index contributed by atoms with van der Waals surface area (Å²) in [5, 5.41) is 6.58. The van der Waals surface area contributed by atoms with Gasteiger partial charge in [0.15, 0.2) is 0 Å². The van der Waals surface area contributed by atoms with Crippen molar-refractivity contribution in [2.24, 2.45) is 5.92 Å². The highest BCUT2D eigenvalue weighted by atomic mass is 16.2. The molecule has 1 fully saturated rings. The molecule has 1 amide bonds. The van der Waals surface area contributed by atoms with Crippen molar-refractivity contribution in [1.29, 1.82) is 0 Å². The van der Waals surface area contributed by atoms with Gasteiger partial charge in [-0.1, -0.05) is 0 Å². The Hall–Kier alpha value is -1.32. The lowest BCUT2D eigenvalue weighted by molar-refractivity contribution is -0.130. The summed E-state index contributed by atoms with van der Waals surface area (Å²) >= 11 is 0. The van der Waals surface area contributed by atoms with E-state index in [-0.39, 0.29) is 5.91 Å². The predicted molar refractivity (Wildman–Crippen MR) is 52.4 cm³/mol. The first-order valence-electron chi connectivity index (χ1n) is 4.97. The molecule has 0 atom stereocenters. The Morgan fingerprint density at radius 3 is 3.07 bits per heavy atom. The number of nitrogens with one attached hydrogen (secondary N) is 1. The van der Waals surface area contributed by atoms with Crippen LogP contribution in [0.4, 0.5) is 0 Å². The van der Waals surface area contributed by atoms with Crippen molar-refractivity contribution in [3.05, 3.63) is 18.0 Å². The molecule has 2 rings (SSSR count). The van der Waals surface area contributed by atoms with Gasteiger partial charge < -0.3 is 4.90 Å². The van der Waals surface area contributed by atoms with Crippen molar-refractivity contribution in [3.63, 3.8) is 0 Å². The number of carbonyl (C=O) groups is 1. The Kier molecular flexibility index (Phi) is 2.52. The van der Waals surface area contributed by atoms with Gasteiger partial charge >= 0.3 is 0 Å². The number of H-pyrrole nitrogens is 1. The standard InChI is InChI=1S/C10H15N3O/c1-13(7-9-5-11-12-6-9)10(14)4-8-2-3-8/h5-6,8H,2-4,7H2,1H3,(H,11,12). The SMILES string of the molecule is CN(Cc1cn[nH]c1)C(=O)CC1CC1. The molecule has 1 N–H and O–H groups in total. The van der Waals surface area contributed by atoms with E-state index in [2.05, 4.69) is 10.2 Å². The maximum atomic E-state index is 11.6. The maximum Gasteiger partial charge on any atom is 0.222 e. The molecule has 1 heterocycles. The Morgan fingerprint density at radius 1 is 1.71 bits per heavy atom. The van der Waals surface area contributed by atoms with Gasteiger partial charge in [-0.3, -0.25) is 9.89 Å². The van der Waals surface area contributed by atoms with Crippen LogP contribution in [0.2, 0.25) is 0 Å². The van der Waals surface area contributed by atoms with Gasteiger partial charge in [0.1, 0.15) is 0 Å². The molecule has 14 heavy (non-hydrogen) atoms. The minimum absolute atomic E-state index is 0.244. The van der Waals surface area contributed by atoms with Crippen LogP contribution >= 0.6 is 0 Å². The van der Waals surface area contributed by atoms with Crippen molar-refractivity contribution >= 4 is 5.91 Å². The van der Waals surface area contributed by atoms with Gasteiger partial charge in [-0.25, -0.2) is 0 Å². The Balaban J connectivity index is 1.81. The van der Waals surface area contributed by atoms with E-state index in [1.807, 2.05) is 13.2 Å². The van der Waals surface area contributed by atoms with E-state index < -0.39 is 0 Å². The van der Waals surface area contributed by atoms with Crippen LogP contribution in [0, 0.1) is 5.92 Å². The molecule has 0 bridgehead atoms. The fourth-order valence-electron chi connectivity index (χ4n) is 1.45. The molecule has 1 aliphatic carbocycles. The highest BCUT2D eigenvalue weighted by Gasteiger charge is 2.25. The van der Waals surface area contributed by atoms with E-state index in [9.17, 15) is 4.79 Å². The zero-order valence-corrected chi connectivity index (χ0v) is 8.36. The van der Waals surface area contributed by atoms with E-state index in [1.54, 1.807) is 11.1 Å². The fraction of sp³-hybridized carbons (Fsp3) is 0.600. The predicted octanol–water partition coefficient (Wildman–Crippen LogP) is 1.17. The molecule has 1 aromatic rings. The molecule has 4 nitrogen and oxygen atoms in total. The highest BCUT2D eigenvalue weighted by molar-refractivity contribution is 5.76. The number of rotatable bonds is 4. The summed E-state index contributed by atoms with van der Waals surface area (Å²) in [5.41, 5.74) is 1.05. The molecule has 0 saturated heterocycles. The topological polar surface area (TPSA) is 49.0 Å². The minimum Gasteiger partial charge on any atom is -0.341 e. The monoisotopic (exact) mass is 193 g/mol. The van der Waals surface area contributed by atoms with Crippen molar-refractivity contribution in [1.82, 2.24) is 15.1 Å². The summed E-state index contributed by atoms with van der Waals surface area (Å²) in [6.45, 7) is 0.655. The van der Waals surface area contributed by atoms with Gasteiger partial charge in [0.2, 0.25) is 5.91 Å². The van der Waals surface area contributed by atoms with Gasteiger partial charge in [-0.15, -0.1) is 0 Å². The fourth-order valence-corrected chi connectivity index (χ4v) is 1.45. The first-order chi connectivity index (χ1) is 6.75. The second kappa shape index (κ2) is 3.82. The minimum atomic E-state index is 0.244. The molecule has 0 aromatic carbocycles. The number of aromatic amines is 1. The van der Waals surface area contributed by atoms with E-state index in [4.69, 9.17) is 0 Å². The normalized spacial score (nSPS) is 15.5. The van der Waals surface area contributed by atoms with E-state index in [0.717, 1.165) is 5.56 Å². The Bertz CT molecular complexity index is 303. The van der Waals surface area contributed by atoms with Gasteiger partial charge in [0.05, 0.1) is 6.20 Å². The highest BCUT2D eigenvalue weighted by Crippen LogP contribution is 2.32. The molecule has 76 valence electrons. The molecular weight excluding hydrogens is 178 g/mol. The first kappa shape index (κ1) is 9.24. The summed E-state index contributed by atoms with van der Waals surface area (Å²) < 4.78 is 0. The van der Waals surface area contributed by atoms with Crippen LogP contribution in [0.3, 0.4) is 0 Å². The van der Waals surface area contributed by atoms with E-state index in [0.29, 0.717) is 18.9 Å². The maximum absolute atomic E-state index is 11.6. The first-order valence-corrected chi connectivity index (χ1v) is 4.97. The smallest absolute Gasteiger partial charge is 0.222 e. The summed E-state index contributed by atoms with van der Waals surface area (Å²) in [5.74, 6) is 0.906. The third-order valence-electron chi connectivity index (χ3n) is 2.56. The number of nitrogens with zero attached hydrogens (tertiary/aromatic N) is 2. The summed E-state index contributed by atoms with van der Waals surface area (Å²) in [4.78, 5) is 13.4. The van der Waals surface area contributed by atoms with Crippen LogP contribution in [-0.2, 0) is 11.3 Å². The number of amides is 1. The lowest BCUT2D eigenvalue weighted by atomic mass is 10.2. The van der Waals surface area contributed by atoms with Crippen LogP contribution in [-0.4, -0.2) is 28.1 Å². The van der Waals surface area contributed by atoms with Crippen LogP contribution < -0.4 is 0 Å². The molecule has 1 aromatic heterocycles. The third kappa shape index (κ3) is 2.34. The molecule has 1 aliphatic rings. The van der Waals surface area contributed by atoms with Crippen molar-refractivity contribution in [2.45, 2.75) is 25.8 Å². The summed E-state index contributed by atoms with van der Waals surface area (Å²) in [7, 11) is 1.84. The van der Waals surface area contributed by atoms with Gasteiger partial charge in [0.25, 0.3) is 0 Å². The zero-order chi connectivity index (χ0) is 9.97. The Labute approximate surface area is 83.3 Å². The lowest BCUT2D eigenvalue weighted by Gasteiger charge is -2.15. The molecule has 0 unspecified atom stereocenters. The van der Waals surface area contributed by atoms with Crippen molar-refractivity contribution in [2.75, 3.05) is 7.05 Å². The second-order valence-electron chi connectivity index (χ2n) is 4.00. The van der Waals surface area contributed by atoms with Crippen LogP contribution in [0.25, 0.3) is 0 Å². The molecule has 4 heteroatoms. The van der Waals surface area contributed by atoms with Crippen LogP contribution in [0.1, 0.15) is 24.8 Å².